The summed E-state index contributed by atoms with van der Waals surface area (Å²) in [4.78, 5) is 38.2. The molecule has 0 saturated heterocycles. The summed E-state index contributed by atoms with van der Waals surface area (Å²) >= 11 is 0. The van der Waals surface area contributed by atoms with E-state index < -0.39 is 6.10 Å². The zero-order chi connectivity index (χ0) is 52.9. The van der Waals surface area contributed by atoms with E-state index in [1.807, 2.05) is 6.08 Å². The summed E-state index contributed by atoms with van der Waals surface area (Å²) < 4.78 is 16.8. The van der Waals surface area contributed by atoms with Crippen molar-refractivity contribution in [1.82, 2.24) is 0 Å². The fraction of sp³-hybridized carbons (Fsp3) is 0.657. The smallest absolute Gasteiger partial charge is 0.306 e. The maximum absolute atomic E-state index is 12.9. The number of carbonyl (C=O) groups excluding carboxylic acids is 3. The van der Waals surface area contributed by atoms with Crippen LogP contribution in [0.3, 0.4) is 0 Å². The van der Waals surface area contributed by atoms with Gasteiger partial charge >= 0.3 is 17.9 Å². The molecule has 1 atom stereocenters. The number of hydrogen-bond acceptors (Lipinski definition) is 6. The zero-order valence-corrected chi connectivity index (χ0v) is 47.4. The molecule has 0 radical (unpaired) electrons. The van der Waals surface area contributed by atoms with Crippen molar-refractivity contribution >= 4 is 17.9 Å². The molecule has 0 aromatic rings. The van der Waals surface area contributed by atoms with Crippen LogP contribution >= 0.6 is 0 Å². The summed E-state index contributed by atoms with van der Waals surface area (Å²) in [6, 6.07) is 0. The Bertz CT molecular complexity index is 1540. The van der Waals surface area contributed by atoms with E-state index >= 15 is 0 Å². The van der Waals surface area contributed by atoms with Crippen molar-refractivity contribution in [2.45, 2.75) is 271 Å². The van der Waals surface area contributed by atoms with Crippen LogP contribution in [-0.2, 0) is 28.6 Å². The van der Waals surface area contributed by atoms with Crippen molar-refractivity contribution in [2.24, 2.45) is 0 Å². The molecule has 0 aliphatic rings. The number of unbranched alkanes of at least 4 members (excludes halogenated alkanes) is 22. The Labute approximate surface area is 450 Å². The van der Waals surface area contributed by atoms with Crippen molar-refractivity contribution < 1.29 is 28.6 Å². The number of allylic oxidation sites excluding steroid dienone is 20. The average Bonchev–Trinajstić information content (AvgIpc) is 3.39. The Morgan fingerprint density at radius 1 is 0.288 bits per heavy atom. The topological polar surface area (TPSA) is 78.9 Å². The number of carbonyl (C=O) groups is 3. The standard InChI is InChI=1S/C67H110O6/c1-4-7-10-13-16-19-22-25-28-31-33-36-39-42-45-48-51-54-57-60-66(69)72-63-64(62-71-65(68)59-56-53-50-47-44-41-38-35-30-27-24-21-18-15-12-9-6-3)73-67(70)61-58-55-52-49-46-43-40-37-34-32-29-26-23-20-17-14-11-8-5-2/h9,12,16,18-19,21,25,27-28,30,33,36,38,41-42,45,47,50-51,54,64H,4-8,10-11,13-15,17,20,22-24,26,29,31-32,34-35,37,39-40,43-44,46,48-49,52-53,55-63H2,1-3H3/b12-9-,19-16-,21-18-,28-25-,30-27-,36-33-,41-38-,45-42-,50-47-,54-51-/t64-/m1/s1. The van der Waals surface area contributed by atoms with Gasteiger partial charge in [0, 0.05) is 19.3 Å². The lowest BCUT2D eigenvalue weighted by molar-refractivity contribution is -0.166. The number of esters is 3. The third kappa shape index (κ3) is 58.6. The molecule has 6 nitrogen and oxygen atoms in total. The van der Waals surface area contributed by atoms with Crippen LogP contribution in [0.25, 0.3) is 0 Å². The average molecular weight is 1010 g/mol. The van der Waals surface area contributed by atoms with Gasteiger partial charge in [-0.05, 0) is 96.3 Å². The third-order valence-corrected chi connectivity index (χ3v) is 12.5. The summed E-state index contributed by atoms with van der Waals surface area (Å²) in [6.45, 7) is 6.40. The molecule has 0 saturated carbocycles. The van der Waals surface area contributed by atoms with Gasteiger partial charge in [0.25, 0.3) is 0 Å². The van der Waals surface area contributed by atoms with Gasteiger partial charge in [0.05, 0.1) is 0 Å². The molecule has 0 aromatic heterocycles. The molecule has 73 heavy (non-hydrogen) atoms. The van der Waals surface area contributed by atoms with Gasteiger partial charge in [0.1, 0.15) is 13.2 Å². The highest BCUT2D eigenvalue weighted by Gasteiger charge is 2.19. The second-order valence-corrected chi connectivity index (χ2v) is 19.5. The van der Waals surface area contributed by atoms with Gasteiger partial charge < -0.3 is 14.2 Å². The predicted molar refractivity (Wildman–Crippen MR) is 316 cm³/mol. The zero-order valence-electron chi connectivity index (χ0n) is 47.4. The van der Waals surface area contributed by atoms with Crippen LogP contribution in [-0.4, -0.2) is 37.2 Å². The van der Waals surface area contributed by atoms with Gasteiger partial charge in [-0.3, -0.25) is 14.4 Å². The molecular formula is C67H110O6. The molecule has 0 unspecified atom stereocenters. The molecule has 0 amide bonds. The van der Waals surface area contributed by atoms with Crippen LogP contribution in [0, 0.1) is 0 Å². The Morgan fingerprint density at radius 2 is 0.575 bits per heavy atom. The van der Waals surface area contributed by atoms with Gasteiger partial charge in [-0.1, -0.05) is 271 Å². The van der Waals surface area contributed by atoms with Crippen LogP contribution < -0.4 is 0 Å². The van der Waals surface area contributed by atoms with E-state index in [2.05, 4.69) is 136 Å². The molecule has 0 aromatic carbocycles. The first-order chi connectivity index (χ1) is 36.0. The fourth-order valence-corrected chi connectivity index (χ4v) is 7.99. The molecule has 0 fully saturated rings. The molecule has 0 rings (SSSR count). The van der Waals surface area contributed by atoms with E-state index in [0.29, 0.717) is 19.3 Å². The first-order valence-electron chi connectivity index (χ1n) is 30.0. The van der Waals surface area contributed by atoms with Crippen LogP contribution in [0.1, 0.15) is 265 Å². The van der Waals surface area contributed by atoms with E-state index in [4.69, 9.17) is 14.2 Å². The van der Waals surface area contributed by atoms with Gasteiger partial charge in [-0.2, -0.15) is 0 Å². The largest absolute Gasteiger partial charge is 0.462 e. The minimum Gasteiger partial charge on any atom is -0.462 e. The van der Waals surface area contributed by atoms with E-state index in [1.54, 1.807) is 0 Å². The molecule has 0 spiro atoms. The number of rotatable bonds is 53. The summed E-state index contributed by atoms with van der Waals surface area (Å²) in [6.07, 6.45) is 83.5. The van der Waals surface area contributed by atoms with Crippen LogP contribution in [0.2, 0.25) is 0 Å². The second-order valence-electron chi connectivity index (χ2n) is 19.5. The van der Waals surface area contributed by atoms with Gasteiger partial charge in [0.15, 0.2) is 6.10 Å². The maximum Gasteiger partial charge on any atom is 0.306 e. The normalized spacial score (nSPS) is 13.0. The molecule has 6 heteroatoms. The van der Waals surface area contributed by atoms with Crippen LogP contribution in [0.5, 0.6) is 0 Å². The van der Waals surface area contributed by atoms with E-state index in [9.17, 15) is 14.4 Å². The second kappa shape index (κ2) is 60.4. The lowest BCUT2D eigenvalue weighted by Gasteiger charge is -2.18. The SMILES string of the molecule is CC/C=C\C/C=C\C/C=C\C/C=C\C/C=C\CCCC(=O)OC[C@H](COC(=O)CC/C=C\C/C=C\C/C=C\C/C=C\C/C=C\CCCCC)OC(=O)CCCCCCCCCCCCCCCCCCCCC. The highest BCUT2D eigenvalue weighted by atomic mass is 16.6. The molecule has 0 aliphatic carbocycles. The Kier molecular flexibility index (Phi) is 56.9. The first-order valence-corrected chi connectivity index (χ1v) is 30.0. The maximum atomic E-state index is 12.9. The Balaban J connectivity index is 4.56. The van der Waals surface area contributed by atoms with Gasteiger partial charge in [0.2, 0.25) is 0 Å². The molecular weight excluding hydrogens is 901 g/mol. The third-order valence-electron chi connectivity index (χ3n) is 12.5. The minimum absolute atomic E-state index is 0.131. The fourth-order valence-electron chi connectivity index (χ4n) is 7.99. The first kappa shape index (κ1) is 68.8. The minimum atomic E-state index is -0.834. The molecule has 0 heterocycles. The lowest BCUT2D eigenvalue weighted by atomic mass is 10.0. The van der Waals surface area contributed by atoms with Crippen molar-refractivity contribution in [3.63, 3.8) is 0 Å². The Hall–Kier alpha value is -4.19. The quantitative estimate of drug-likeness (QED) is 0.0261. The van der Waals surface area contributed by atoms with Crippen LogP contribution in [0.4, 0.5) is 0 Å². The molecule has 0 N–H and O–H groups in total. The molecule has 414 valence electrons. The highest BCUT2D eigenvalue weighted by molar-refractivity contribution is 5.71. The summed E-state index contributed by atoms with van der Waals surface area (Å²) in [7, 11) is 0. The van der Waals surface area contributed by atoms with Gasteiger partial charge in [-0.25, -0.2) is 0 Å². The van der Waals surface area contributed by atoms with Crippen molar-refractivity contribution in [2.75, 3.05) is 13.2 Å². The van der Waals surface area contributed by atoms with Crippen molar-refractivity contribution in [1.29, 1.82) is 0 Å². The van der Waals surface area contributed by atoms with Crippen molar-refractivity contribution in [3.8, 4) is 0 Å². The summed E-state index contributed by atoms with van der Waals surface area (Å²) in [5.74, 6) is -1.06. The lowest BCUT2D eigenvalue weighted by Crippen LogP contribution is -2.30. The molecule has 0 aliphatic heterocycles. The number of hydrogen-bond donors (Lipinski definition) is 0. The van der Waals surface area contributed by atoms with Crippen molar-refractivity contribution in [3.05, 3.63) is 122 Å². The summed E-state index contributed by atoms with van der Waals surface area (Å²) in [5.41, 5.74) is 0. The van der Waals surface area contributed by atoms with E-state index in [0.717, 1.165) is 83.5 Å². The predicted octanol–water partition coefficient (Wildman–Crippen LogP) is 20.4. The molecule has 0 bridgehead atoms. The van der Waals surface area contributed by atoms with E-state index in [-0.39, 0.29) is 44.0 Å². The number of ether oxygens (including phenoxy) is 3. The van der Waals surface area contributed by atoms with Gasteiger partial charge in [-0.15, -0.1) is 0 Å². The highest BCUT2D eigenvalue weighted by Crippen LogP contribution is 2.16. The Morgan fingerprint density at radius 3 is 0.959 bits per heavy atom. The van der Waals surface area contributed by atoms with E-state index in [1.165, 1.54) is 128 Å². The summed E-state index contributed by atoms with van der Waals surface area (Å²) in [5, 5.41) is 0. The monoisotopic (exact) mass is 1010 g/mol. The van der Waals surface area contributed by atoms with Crippen LogP contribution in [0.15, 0.2) is 122 Å².